The molecule has 1 heterocycles. The van der Waals surface area contributed by atoms with Crippen molar-refractivity contribution in [1.29, 1.82) is 0 Å². The zero-order valence-electron chi connectivity index (χ0n) is 5.22. The second-order valence-corrected chi connectivity index (χ2v) is 1.90. The van der Waals surface area contributed by atoms with Crippen LogP contribution in [0.15, 0.2) is 0 Å². The number of hydrazine groups is 1. The molecule has 0 bridgehead atoms. The van der Waals surface area contributed by atoms with Crippen LogP contribution in [0.25, 0.3) is 0 Å². The van der Waals surface area contributed by atoms with Gasteiger partial charge in [0, 0.05) is 27.1 Å². The molecule has 1 aliphatic heterocycles. The van der Waals surface area contributed by atoms with Gasteiger partial charge in [-0.3, -0.25) is 0 Å². The molecule has 0 aromatic carbocycles. The summed E-state index contributed by atoms with van der Waals surface area (Å²) in [6, 6.07) is 0. The molecule has 1 fully saturated rings. The average molecular weight is 115 g/mol. The number of nitrogens with one attached hydrogen (secondary N) is 1. The van der Waals surface area contributed by atoms with Crippen LogP contribution in [-0.4, -0.2) is 31.9 Å². The van der Waals surface area contributed by atoms with Crippen LogP contribution in [0.3, 0.4) is 0 Å². The van der Waals surface area contributed by atoms with Crippen molar-refractivity contribution in [2.75, 3.05) is 20.7 Å². The number of rotatable bonds is 1. The summed E-state index contributed by atoms with van der Waals surface area (Å²) in [7, 11) is 3.67. The van der Waals surface area contributed by atoms with E-state index in [1.54, 1.807) is 7.11 Å². The maximum Gasteiger partial charge on any atom is 0.124 e. The Morgan fingerprint density at radius 3 is 2.88 bits per heavy atom. The van der Waals surface area contributed by atoms with Crippen LogP contribution in [0.2, 0.25) is 0 Å². The molecule has 0 aromatic heterocycles. The van der Waals surface area contributed by atoms with Gasteiger partial charge in [0.05, 0.1) is 0 Å². The maximum absolute atomic E-state index is 4.97. The fourth-order valence-corrected chi connectivity index (χ4v) is 0.725. The Labute approximate surface area is 49.6 Å². The van der Waals surface area contributed by atoms with E-state index in [2.05, 4.69) is 11.8 Å². The largest absolute Gasteiger partial charge is 0.365 e. The van der Waals surface area contributed by atoms with Gasteiger partial charge in [-0.15, -0.1) is 0 Å². The van der Waals surface area contributed by atoms with Gasteiger partial charge in [0.2, 0.25) is 0 Å². The molecule has 0 spiro atoms. The van der Waals surface area contributed by atoms with Crippen molar-refractivity contribution >= 4 is 0 Å². The minimum Gasteiger partial charge on any atom is -0.365 e. The van der Waals surface area contributed by atoms with Crippen LogP contribution >= 0.6 is 0 Å². The first-order chi connectivity index (χ1) is 3.83. The Balaban J connectivity index is 2.22. The van der Waals surface area contributed by atoms with Gasteiger partial charge in [-0.2, -0.15) is 0 Å². The number of hydrogen-bond donors (Lipinski definition) is 1. The van der Waals surface area contributed by atoms with Gasteiger partial charge >= 0.3 is 0 Å². The van der Waals surface area contributed by atoms with Crippen LogP contribution in [0.4, 0.5) is 0 Å². The average Bonchev–Trinajstić information content (AvgIpc) is 2.14. The lowest BCUT2D eigenvalue weighted by atomic mass is 10.4. The standard InChI is InChI=1S/C5H11N2O/c1-7-4-3-5(6-7)8-2/h3,5-6H,4H2,1-2H3. The van der Waals surface area contributed by atoms with E-state index in [0.717, 1.165) is 6.54 Å². The predicted molar refractivity (Wildman–Crippen MR) is 30.9 cm³/mol. The molecule has 0 saturated carbocycles. The second kappa shape index (κ2) is 2.44. The van der Waals surface area contributed by atoms with Crippen LogP contribution in [0.1, 0.15) is 0 Å². The molecule has 1 unspecified atom stereocenters. The summed E-state index contributed by atoms with van der Waals surface area (Å²) in [4.78, 5) is 0. The molecule has 1 saturated heterocycles. The monoisotopic (exact) mass is 115 g/mol. The number of methoxy groups -OCH3 is 1. The van der Waals surface area contributed by atoms with E-state index in [0.29, 0.717) is 0 Å². The van der Waals surface area contributed by atoms with Crippen LogP contribution < -0.4 is 5.43 Å². The van der Waals surface area contributed by atoms with E-state index in [1.807, 2.05) is 12.1 Å². The molecule has 3 heteroatoms. The quantitative estimate of drug-likeness (QED) is 0.504. The summed E-state index contributed by atoms with van der Waals surface area (Å²) in [5, 5.41) is 1.98. The zero-order valence-corrected chi connectivity index (χ0v) is 5.22. The Kier molecular flexibility index (Phi) is 1.83. The minimum absolute atomic E-state index is 0.125. The first-order valence-electron chi connectivity index (χ1n) is 2.66. The SMILES string of the molecule is COC1[CH]CN(C)N1. The third kappa shape index (κ3) is 1.18. The van der Waals surface area contributed by atoms with E-state index in [9.17, 15) is 0 Å². The molecule has 1 atom stereocenters. The Morgan fingerprint density at radius 1 is 1.88 bits per heavy atom. The molecule has 1 aliphatic rings. The van der Waals surface area contributed by atoms with E-state index in [-0.39, 0.29) is 6.23 Å². The van der Waals surface area contributed by atoms with E-state index in [1.165, 1.54) is 0 Å². The van der Waals surface area contributed by atoms with Gasteiger partial charge < -0.3 is 4.74 Å². The molecule has 1 radical (unpaired) electrons. The fourth-order valence-electron chi connectivity index (χ4n) is 0.725. The van der Waals surface area contributed by atoms with Crippen LogP contribution in [0.5, 0.6) is 0 Å². The van der Waals surface area contributed by atoms with Crippen molar-refractivity contribution in [2.24, 2.45) is 0 Å². The van der Waals surface area contributed by atoms with Crippen molar-refractivity contribution in [2.45, 2.75) is 6.23 Å². The van der Waals surface area contributed by atoms with Crippen LogP contribution in [-0.2, 0) is 4.74 Å². The van der Waals surface area contributed by atoms with Crippen molar-refractivity contribution in [1.82, 2.24) is 10.4 Å². The summed E-state index contributed by atoms with van der Waals surface area (Å²) in [6.45, 7) is 0.957. The highest BCUT2D eigenvalue weighted by Crippen LogP contribution is 2.00. The topological polar surface area (TPSA) is 24.5 Å². The third-order valence-corrected chi connectivity index (χ3v) is 1.19. The lowest BCUT2D eigenvalue weighted by Gasteiger charge is -2.09. The smallest absolute Gasteiger partial charge is 0.124 e. The van der Waals surface area contributed by atoms with Gasteiger partial charge in [0.25, 0.3) is 0 Å². The lowest BCUT2D eigenvalue weighted by molar-refractivity contribution is 0.0779. The first kappa shape index (κ1) is 6.01. The highest BCUT2D eigenvalue weighted by atomic mass is 16.5. The van der Waals surface area contributed by atoms with Crippen molar-refractivity contribution < 1.29 is 4.74 Å². The summed E-state index contributed by atoms with van der Waals surface area (Å²) >= 11 is 0. The Morgan fingerprint density at radius 2 is 2.62 bits per heavy atom. The summed E-state index contributed by atoms with van der Waals surface area (Å²) in [5.74, 6) is 0. The molecule has 1 rings (SSSR count). The second-order valence-electron chi connectivity index (χ2n) is 1.90. The van der Waals surface area contributed by atoms with Crippen LogP contribution in [0, 0.1) is 6.42 Å². The molecule has 47 valence electrons. The molecule has 0 aromatic rings. The molecule has 0 amide bonds. The number of ether oxygens (including phenoxy) is 1. The molecular formula is C5H11N2O. The van der Waals surface area contributed by atoms with E-state index < -0.39 is 0 Å². The molecule has 0 aliphatic carbocycles. The van der Waals surface area contributed by atoms with Gasteiger partial charge in [0.1, 0.15) is 6.23 Å². The van der Waals surface area contributed by atoms with E-state index in [4.69, 9.17) is 4.74 Å². The minimum atomic E-state index is 0.125. The Hall–Kier alpha value is -0.120. The van der Waals surface area contributed by atoms with Gasteiger partial charge in [-0.25, -0.2) is 10.4 Å². The Bertz CT molecular complexity index is 76.8. The van der Waals surface area contributed by atoms with Crippen molar-refractivity contribution in [3.05, 3.63) is 6.42 Å². The highest BCUT2D eigenvalue weighted by molar-refractivity contribution is 4.82. The van der Waals surface area contributed by atoms with Gasteiger partial charge in [-0.1, -0.05) is 0 Å². The highest BCUT2D eigenvalue weighted by Gasteiger charge is 2.16. The first-order valence-corrected chi connectivity index (χ1v) is 2.66. The molecule has 8 heavy (non-hydrogen) atoms. The molecule has 1 N–H and O–H groups in total. The number of nitrogens with zero attached hydrogens (tertiary/aromatic N) is 1. The van der Waals surface area contributed by atoms with Crippen molar-refractivity contribution in [3.8, 4) is 0 Å². The summed E-state index contributed by atoms with van der Waals surface area (Å²) in [6.07, 6.45) is 2.19. The molecule has 3 nitrogen and oxygen atoms in total. The number of hydrogen-bond acceptors (Lipinski definition) is 3. The zero-order chi connectivity index (χ0) is 5.98. The lowest BCUT2D eigenvalue weighted by Crippen LogP contribution is -2.32. The van der Waals surface area contributed by atoms with Crippen molar-refractivity contribution in [3.63, 3.8) is 0 Å². The summed E-state index contributed by atoms with van der Waals surface area (Å²) < 4.78 is 4.97. The molecular weight excluding hydrogens is 104 g/mol. The van der Waals surface area contributed by atoms with Gasteiger partial charge in [0.15, 0.2) is 0 Å². The van der Waals surface area contributed by atoms with Gasteiger partial charge in [-0.05, 0) is 0 Å². The predicted octanol–water partition coefficient (Wildman–Crippen LogP) is -0.387. The third-order valence-electron chi connectivity index (χ3n) is 1.19. The normalized spacial score (nSPS) is 31.5. The summed E-state index contributed by atoms with van der Waals surface area (Å²) in [5.41, 5.74) is 3.06. The maximum atomic E-state index is 4.97. The van der Waals surface area contributed by atoms with E-state index >= 15 is 0 Å². The fraction of sp³-hybridized carbons (Fsp3) is 0.800.